The van der Waals surface area contributed by atoms with Crippen LogP contribution in [-0.2, 0) is 0 Å². The van der Waals surface area contributed by atoms with Gasteiger partial charge in [-0.15, -0.1) is 0 Å². The van der Waals surface area contributed by atoms with Crippen molar-refractivity contribution in [3.8, 4) is 0 Å². The second-order valence-electron chi connectivity index (χ2n) is 6.33. The van der Waals surface area contributed by atoms with E-state index in [1.807, 2.05) is 0 Å². The second-order valence-corrected chi connectivity index (χ2v) is 6.33. The maximum atomic E-state index is 3.66. The molecule has 1 unspecified atom stereocenters. The highest BCUT2D eigenvalue weighted by Crippen LogP contribution is 2.47. The standard InChI is InChI=1S/C12H24N2/c1-10-7-14(11(2,3)4)9-12(5-6-12)8-13-10/h10,13H,5-9H2,1-4H3. The first-order valence-corrected chi connectivity index (χ1v) is 5.90. The number of hydrogen-bond acceptors (Lipinski definition) is 2. The molecule has 0 amide bonds. The van der Waals surface area contributed by atoms with Gasteiger partial charge in [0, 0.05) is 31.2 Å². The van der Waals surface area contributed by atoms with Crippen LogP contribution in [0.3, 0.4) is 0 Å². The summed E-state index contributed by atoms with van der Waals surface area (Å²) in [6, 6.07) is 0.647. The monoisotopic (exact) mass is 196 g/mol. The molecule has 1 aliphatic heterocycles. The minimum absolute atomic E-state index is 0.329. The Morgan fingerprint density at radius 1 is 1.29 bits per heavy atom. The molecule has 2 fully saturated rings. The van der Waals surface area contributed by atoms with Gasteiger partial charge in [0.2, 0.25) is 0 Å². The molecule has 0 bridgehead atoms. The highest BCUT2D eigenvalue weighted by molar-refractivity contribution is 5.01. The van der Waals surface area contributed by atoms with Crippen LogP contribution in [0.25, 0.3) is 0 Å². The smallest absolute Gasteiger partial charge is 0.0167 e. The third kappa shape index (κ3) is 2.12. The number of nitrogens with one attached hydrogen (secondary N) is 1. The van der Waals surface area contributed by atoms with Crippen LogP contribution in [0.1, 0.15) is 40.5 Å². The predicted molar refractivity (Wildman–Crippen MR) is 60.5 cm³/mol. The Kier molecular flexibility index (Phi) is 2.39. The molecule has 1 saturated heterocycles. The maximum Gasteiger partial charge on any atom is 0.0167 e. The van der Waals surface area contributed by atoms with Crippen LogP contribution >= 0.6 is 0 Å². The van der Waals surface area contributed by atoms with E-state index in [0.29, 0.717) is 17.0 Å². The molecule has 2 rings (SSSR count). The van der Waals surface area contributed by atoms with Crippen LogP contribution in [0.5, 0.6) is 0 Å². The van der Waals surface area contributed by atoms with Gasteiger partial charge in [0.25, 0.3) is 0 Å². The molecule has 1 atom stereocenters. The number of hydrogen-bond donors (Lipinski definition) is 1. The molecule has 14 heavy (non-hydrogen) atoms. The zero-order chi connectivity index (χ0) is 10.4. The van der Waals surface area contributed by atoms with Gasteiger partial charge in [0.15, 0.2) is 0 Å². The van der Waals surface area contributed by atoms with Gasteiger partial charge >= 0.3 is 0 Å². The average Bonchev–Trinajstić information content (AvgIpc) is 2.81. The summed E-state index contributed by atoms with van der Waals surface area (Å²) in [5.41, 5.74) is 0.966. The summed E-state index contributed by atoms with van der Waals surface area (Å²) in [5.74, 6) is 0. The first-order chi connectivity index (χ1) is 6.41. The molecule has 1 N–H and O–H groups in total. The molecule has 2 aliphatic rings. The van der Waals surface area contributed by atoms with Crippen molar-refractivity contribution in [2.24, 2.45) is 5.41 Å². The zero-order valence-corrected chi connectivity index (χ0v) is 10.1. The Morgan fingerprint density at radius 2 is 1.93 bits per heavy atom. The summed E-state index contributed by atoms with van der Waals surface area (Å²) in [5, 5.41) is 3.66. The first-order valence-electron chi connectivity index (χ1n) is 5.90. The van der Waals surface area contributed by atoms with E-state index in [9.17, 15) is 0 Å². The van der Waals surface area contributed by atoms with Crippen LogP contribution < -0.4 is 5.32 Å². The molecule has 2 heteroatoms. The molecule has 1 spiro atoms. The van der Waals surface area contributed by atoms with Crippen molar-refractivity contribution in [2.75, 3.05) is 19.6 Å². The topological polar surface area (TPSA) is 15.3 Å². The minimum atomic E-state index is 0.329. The van der Waals surface area contributed by atoms with E-state index < -0.39 is 0 Å². The summed E-state index contributed by atoms with van der Waals surface area (Å²) < 4.78 is 0. The SMILES string of the molecule is CC1CN(C(C)(C)C)CC2(CC2)CN1. The molecule has 0 radical (unpaired) electrons. The lowest BCUT2D eigenvalue weighted by Crippen LogP contribution is -2.46. The third-order valence-corrected chi connectivity index (χ3v) is 3.75. The van der Waals surface area contributed by atoms with Crippen LogP contribution in [-0.4, -0.2) is 36.1 Å². The first kappa shape index (κ1) is 10.4. The Morgan fingerprint density at radius 3 is 2.43 bits per heavy atom. The van der Waals surface area contributed by atoms with Crippen molar-refractivity contribution in [1.29, 1.82) is 0 Å². The van der Waals surface area contributed by atoms with Gasteiger partial charge in [-0.05, 0) is 46.0 Å². The van der Waals surface area contributed by atoms with Crippen LogP contribution in [0.2, 0.25) is 0 Å². The average molecular weight is 196 g/mol. The maximum absolute atomic E-state index is 3.66. The normalized spacial score (nSPS) is 33.0. The van der Waals surface area contributed by atoms with E-state index in [4.69, 9.17) is 0 Å². The molecule has 1 heterocycles. The van der Waals surface area contributed by atoms with E-state index in [2.05, 4.69) is 37.9 Å². The molecule has 2 nitrogen and oxygen atoms in total. The van der Waals surface area contributed by atoms with Crippen LogP contribution in [0, 0.1) is 5.41 Å². The second kappa shape index (κ2) is 3.21. The van der Waals surface area contributed by atoms with Gasteiger partial charge in [0.1, 0.15) is 0 Å². The van der Waals surface area contributed by atoms with Gasteiger partial charge in [-0.1, -0.05) is 0 Å². The van der Waals surface area contributed by atoms with Gasteiger partial charge in [-0.3, -0.25) is 4.90 Å². The van der Waals surface area contributed by atoms with E-state index in [-0.39, 0.29) is 0 Å². The van der Waals surface area contributed by atoms with E-state index in [0.717, 1.165) is 0 Å². The molecule has 1 aliphatic carbocycles. The van der Waals surface area contributed by atoms with Gasteiger partial charge in [0.05, 0.1) is 0 Å². The largest absolute Gasteiger partial charge is 0.312 e. The fraction of sp³-hybridized carbons (Fsp3) is 1.00. The molecule has 0 aromatic carbocycles. The van der Waals surface area contributed by atoms with Crippen molar-refractivity contribution < 1.29 is 0 Å². The van der Waals surface area contributed by atoms with E-state index >= 15 is 0 Å². The predicted octanol–water partition coefficient (Wildman–Crippen LogP) is 1.86. The Bertz CT molecular complexity index is 213. The van der Waals surface area contributed by atoms with Crippen molar-refractivity contribution in [3.05, 3.63) is 0 Å². The molecular weight excluding hydrogens is 172 g/mol. The zero-order valence-electron chi connectivity index (χ0n) is 10.1. The van der Waals surface area contributed by atoms with E-state index in [1.165, 1.54) is 32.5 Å². The fourth-order valence-electron chi connectivity index (χ4n) is 2.33. The number of rotatable bonds is 0. The Balaban J connectivity index is 2.08. The summed E-state index contributed by atoms with van der Waals surface area (Å²) in [4.78, 5) is 2.66. The highest BCUT2D eigenvalue weighted by Gasteiger charge is 2.46. The fourth-order valence-corrected chi connectivity index (χ4v) is 2.33. The van der Waals surface area contributed by atoms with Crippen LogP contribution in [0.4, 0.5) is 0 Å². The minimum Gasteiger partial charge on any atom is -0.312 e. The van der Waals surface area contributed by atoms with E-state index in [1.54, 1.807) is 0 Å². The molecule has 82 valence electrons. The van der Waals surface area contributed by atoms with Crippen molar-refractivity contribution >= 4 is 0 Å². The molecule has 0 aromatic rings. The van der Waals surface area contributed by atoms with Crippen LogP contribution in [0.15, 0.2) is 0 Å². The number of nitrogens with zero attached hydrogens (tertiary/aromatic N) is 1. The third-order valence-electron chi connectivity index (χ3n) is 3.75. The summed E-state index contributed by atoms with van der Waals surface area (Å²) in [7, 11) is 0. The van der Waals surface area contributed by atoms with Gasteiger partial charge in [-0.2, -0.15) is 0 Å². The summed E-state index contributed by atoms with van der Waals surface area (Å²) >= 11 is 0. The lowest BCUT2D eigenvalue weighted by molar-refractivity contribution is 0.116. The van der Waals surface area contributed by atoms with Gasteiger partial charge < -0.3 is 5.32 Å². The molecule has 1 saturated carbocycles. The molecule has 0 aromatic heterocycles. The summed E-state index contributed by atoms with van der Waals surface area (Å²) in [6.45, 7) is 13.0. The molecular formula is C12H24N2. The van der Waals surface area contributed by atoms with Gasteiger partial charge in [-0.25, -0.2) is 0 Å². The quantitative estimate of drug-likeness (QED) is 0.636. The Hall–Kier alpha value is -0.0800. The highest BCUT2D eigenvalue weighted by atomic mass is 15.2. The summed E-state index contributed by atoms with van der Waals surface area (Å²) in [6.07, 6.45) is 2.86. The van der Waals surface area contributed by atoms with Crippen molar-refractivity contribution in [1.82, 2.24) is 10.2 Å². The lowest BCUT2D eigenvalue weighted by Gasteiger charge is -2.37. The Labute approximate surface area is 88.1 Å². The van der Waals surface area contributed by atoms with Crippen molar-refractivity contribution in [2.45, 2.75) is 52.1 Å². The lowest BCUT2D eigenvalue weighted by atomic mass is 10.0. The van der Waals surface area contributed by atoms with Crippen molar-refractivity contribution in [3.63, 3.8) is 0 Å².